The molecule has 0 aliphatic carbocycles. The van der Waals surface area contributed by atoms with E-state index in [1.165, 1.54) is 11.3 Å². The summed E-state index contributed by atoms with van der Waals surface area (Å²) in [5, 5.41) is 9.92. The van der Waals surface area contributed by atoms with Gasteiger partial charge in [0, 0.05) is 18.0 Å². The first-order valence-electron chi connectivity index (χ1n) is 7.74. The molecule has 0 atom stereocenters. The third kappa shape index (κ3) is 4.23. The van der Waals surface area contributed by atoms with Gasteiger partial charge in [-0.3, -0.25) is 0 Å². The molecule has 0 spiro atoms. The van der Waals surface area contributed by atoms with Crippen LogP contribution < -0.4 is 19.0 Å². The molecule has 0 N–H and O–H groups in total. The molecule has 0 bridgehead atoms. The summed E-state index contributed by atoms with van der Waals surface area (Å²) in [5.74, 6) is 1.17. The van der Waals surface area contributed by atoms with E-state index in [0.717, 1.165) is 5.56 Å². The number of ether oxygens (including phenoxy) is 4. The Morgan fingerprint density at radius 2 is 1.85 bits per heavy atom. The molecule has 8 nitrogen and oxygen atoms in total. The van der Waals surface area contributed by atoms with E-state index in [0.29, 0.717) is 34.4 Å². The minimum atomic E-state index is -0.388. The molecule has 9 heteroatoms. The zero-order valence-corrected chi connectivity index (χ0v) is 16.1. The second kappa shape index (κ2) is 9.04. The summed E-state index contributed by atoms with van der Waals surface area (Å²) in [6.07, 6.45) is 1.56. The minimum absolute atomic E-state index is 0.320. The second-order valence-corrected chi connectivity index (χ2v) is 5.82. The van der Waals surface area contributed by atoms with Crippen LogP contribution in [0.25, 0.3) is 0 Å². The maximum absolute atomic E-state index is 11.8. The van der Waals surface area contributed by atoms with Gasteiger partial charge in [0.05, 0.1) is 34.2 Å². The van der Waals surface area contributed by atoms with E-state index < -0.39 is 0 Å². The van der Waals surface area contributed by atoms with Gasteiger partial charge < -0.3 is 23.5 Å². The smallest absolute Gasteiger partial charge is 0.355 e. The number of hydrogen-bond donors (Lipinski definition) is 0. The zero-order valence-electron chi connectivity index (χ0n) is 15.3. The van der Waals surface area contributed by atoms with Gasteiger partial charge in [-0.25, -0.2) is 4.79 Å². The van der Waals surface area contributed by atoms with E-state index in [4.69, 9.17) is 18.9 Å². The Kier molecular flexibility index (Phi) is 6.79. The molecule has 0 saturated heterocycles. The normalized spacial score (nSPS) is 11.7. The highest BCUT2D eigenvalue weighted by Crippen LogP contribution is 2.37. The first-order valence-corrected chi connectivity index (χ1v) is 8.62. The zero-order chi connectivity index (χ0) is 19.1. The molecule has 0 saturated carbocycles. The third-order valence-corrected chi connectivity index (χ3v) is 4.35. The number of nitrogens with zero attached hydrogens (tertiary/aromatic N) is 3. The van der Waals surface area contributed by atoms with Crippen molar-refractivity contribution in [2.75, 3.05) is 27.9 Å². The van der Waals surface area contributed by atoms with E-state index in [1.807, 2.05) is 0 Å². The summed E-state index contributed by atoms with van der Waals surface area (Å²) < 4.78 is 22.5. The number of benzene rings is 1. The molecule has 1 aromatic heterocycles. The molecule has 2 aromatic rings. The molecular weight excluding hydrogens is 358 g/mol. The SMILES string of the molecule is CCOC(=O)c1cs/c(=N/N=C/c2cc(OC)c(OC)c(OC)c2)n1C. The van der Waals surface area contributed by atoms with Crippen LogP contribution in [0.5, 0.6) is 17.2 Å². The molecule has 0 amide bonds. The molecule has 1 aromatic carbocycles. The molecule has 0 radical (unpaired) electrons. The van der Waals surface area contributed by atoms with Crippen molar-refractivity contribution < 1.29 is 23.7 Å². The average molecular weight is 379 g/mol. The van der Waals surface area contributed by atoms with Gasteiger partial charge in [-0.05, 0) is 19.1 Å². The largest absolute Gasteiger partial charge is 0.493 e. The Labute approximate surface area is 155 Å². The van der Waals surface area contributed by atoms with E-state index in [-0.39, 0.29) is 5.97 Å². The van der Waals surface area contributed by atoms with E-state index in [9.17, 15) is 4.79 Å². The van der Waals surface area contributed by atoms with Crippen molar-refractivity contribution in [2.45, 2.75) is 6.92 Å². The van der Waals surface area contributed by atoms with Gasteiger partial charge in [-0.2, -0.15) is 5.10 Å². The summed E-state index contributed by atoms with van der Waals surface area (Å²) >= 11 is 1.30. The van der Waals surface area contributed by atoms with Crippen LogP contribution in [0.1, 0.15) is 23.0 Å². The van der Waals surface area contributed by atoms with Crippen molar-refractivity contribution in [3.05, 3.63) is 33.6 Å². The lowest BCUT2D eigenvalue weighted by molar-refractivity contribution is 0.0515. The summed E-state index contributed by atoms with van der Waals surface area (Å²) in [4.78, 5) is 12.4. The van der Waals surface area contributed by atoms with Gasteiger partial charge in [0.1, 0.15) is 5.69 Å². The van der Waals surface area contributed by atoms with E-state index in [1.54, 1.807) is 63.6 Å². The number of rotatable bonds is 7. The molecule has 0 fully saturated rings. The highest BCUT2D eigenvalue weighted by Gasteiger charge is 2.13. The van der Waals surface area contributed by atoms with Gasteiger partial charge >= 0.3 is 5.97 Å². The molecule has 0 aliphatic heterocycles. The predicted molar refractivity (Wildman–Crippen MR) is 98.5 cm³/mol. The lowest BCUT2D eigenvalue weighted by Crippen LogP contribution is -2.17. The van der Waals surface area contributed by atoms with Gasteiger partial charge in [0.2, 0.25) is 10.6 Å². The van der Waals surface area contributed by atoms with Crippen LogP contribution in [0.4, 0.5) is 0 Å². The highest BCUT2D eigenvalue weighted by atomic mass is 32.1. The van der Waals surface area contributed by atoms with Crippen molar-refractivity contribution in [2.24, 2.45) is 17.3 Å². The van der Waals surface area contributed by atoms with Crippen molar-refractivity contribution in [1.29, 1.82) is 0 Å². The number of carbonyl (C=O) groups excluding carboxylic acids is 1. The summed E-state index contributed by atoms with van der Waals surface area (Å²) in [5.41, 5.74) is 1.16. The number of methoxy groups -OCH3 is 3. The molecule has 0 unspecified atom stereocenters. The maximum atomic E-state index is 11.8. The molecule has 0 aliphatic rings. The Bertz CT molecular complexity index is 845. The maximum Gasteiger partial charge on any atom is 0.355 e. The monoisotopic (exact) mass is 379 g/mol. The standard InChI is InChI=1S/C17H21N3O5S/c1-6-25-16(21)12-10-26-17(20(12)2)19-18-9-11-7-13(22-3)15(24-5)14(8-11)23-4/h7-10H,6H2,1-5H3/b18-9+,19-17+. The number of aromatic nitrogens is 1. The van der Waals surface area contributed by atoms with Gasteiger partial charge in [0.15, 0.2) is 11.5 Å². The Hall–Kier alpha value is -2.81. The number of carbonyl (C=O) groups is 1. The second-order valence-electron chi connectivity index (χ2n) is 4.99. The fraction of sp³-hybridized carbons (Fsp3) is 0.353. The predicted octanol–water partition coefficient (Wildman–Crippen LogP) is 2.22. The van der Waals surface area contributed by atoms with Gasteiger partial charge in [0.25, 0.3) is 0 Å². The quantitative estimate of drug-likeness (QED) is 0.418. The average Bonchev–Trinajstić information content (AvgIpc) is 3.01. The minimum Gasteiger partial charge on any atom is -0.493 e. The molecule has 140 valence electrons. The Balaban J connectivity index is 2.31. The molecule has 2 rings (SSSR count). The van der Waals surface area contributed by atoms with Crippen LogP contribution in [0.3, 0.4) is 0 Å². The first-order chi connectivity index (χ1) is 12.5. The van der Waals surface area contributed by atoms with E-state index in [2.05, 4.69) is 10.2 Å². The Morgan fingerprint density at radius 1 is 1.19 bits per heavy atom. The van der Waals surface area contributed by atoms with Crippen LogP contribution in [0.15, 0.2) is 27.7 Å². The van der Waals surface area contributed by atoms with Gasteiger partial charge in [-0.15, -0.1) is 16.4 Å². The topological polar surface area (TPSA) is 83.6 Å². The van der Waals surface area contributed by atoms with Crippen LogP contribution in [-0.4, -0.2) is 44.7 Å². The first kappa shape index (κ1) is 19.5. The summed E-state index contributed by atoms with van der Waals surface area (Å²) in [6, 6.07) is 3.53. The van der Waals surface area contributed by atoms with Crippen LogP contribution >= 0.6 is 11.3 Å². The fourth-order valence-corrected chi connectivity index (χ4v) is 2.99. The summed E-state index contributed by atoms with van der Waals surface area (Å²) in [6.45, 7) is 2.08. The number of esters is 1. The highest BCUT2D eigenvalue weighted by molar-refractivity contribution is 7.07. The van der Waals surface area contributed by atoms with E-state index >= 15 is 0 Å². The Morgan fingerprint density at radius 3 is 2.38 bits per heavy atom. The van der Waals surface area contributed by atoms with Crippen LogP contribution in [0.2, 0.25) is 0 Å². The van der Waals surface area contributed by atoms with Crippen molar-refractivity contribution in [3.63, 3.8) is 0 Å². The van der Waals surface area contributed by atoms with Crippen LogP contribution in [-0.2, 0) is 11.8 Å². The van der Waals surface area contributed by atoms with Crippen molar-refractivity contribution in [3.8, 4) is 17.2 Å². The number of thiazole rings is 1. The third-order valence-electron chi connectivity index (χ3n) is 3.45. The van der Waals surface area contributed by atoms with Crippen molar-refractivity contribution >= 4 is 23.5 Å². The fourth-order valence-electron chi connectivity index (χ4n) is 2.17. The summed E-state index contributed by atoms with van der Waals surface area (Å²) in [7, 11) is 6.37. The molecule has 1 heterocycles. The number of hydrogen-bond acceptors (Lipinski definition) is 8. The van der Waals surface area contributed by atoms with Crippen LogP contribution in [0, 0.1) is 0 Å². The molecule has 26 heavy (non-hydrogen) atoms. The van der Waals surface area contributed by atoms with Crippen molar-refractivity contribution in [1.82, 2.24) is 4.57 Å². The lowest BCUT2D eigenvalue weighted by atomic mass is 10.2. The molecular formula is C17H21N3O5S. The lowest BCUT2D eigenvalue weighted by Gasteiger charge is -2.12. The van der Waals surface area contributed by atoms with Gasteiger partial charge in [-0.1, -0.05) is 0 Å².